The zero-order valence-corrected chi connectivity index (χ0v) is 11.3. The van der Waals surface area contributed by atoms with Gasteiger partial charge in [-0.15, -0.1) is 0 Å². The SMILES string of the molecule is C=NC(O)(N=C)C(N=C)(N=C)C(CCC)(N=C)N=C. The first kappa shape index (κ1) is 17.0. The van der Waals surface area contributed by atoms with E-state index in [1.54, 1.807) is 0 Å². The lowest BCUT2D eigenvalue weighted by atomic mass is 9.85. The van der Waals surface area contributed by atoms with Crippen LogP contribution in [0.3, 0.4) is 0 Å². The topological polar surface area (TPSA) is 94.4 Å². The molecule has 104 valence electrons. The van der Waals surface area contributed by atoms with Crippen LogP contribution in [-0.4, -0.2) is 62.6 Å². The van der Waals surface area contributed by atoms with E-state index in [1.165, 1.54) is 0 Å². The van der Waals surface area contributed by atoms with Crippen molar-refractivity contribution in [3.8, 4) is 0 Å². The van der Waals surface area contributed by atoms with Gasteiger partial charge in [0.15, 0.2) is 5.66 Å². The molecule has 0 rings (SSSR count). The number of hydrogen-bond donors (Lipinski definition) is 1. The van der Waals surface area contributed by atoms with E-state index in [0.717, 1.165) is 0 Å². The summed E-state index contributed by atoms with van der Waals surface area (Å²) in [7, 11) is 0. The van der Waals surface area contributed by atoms with E-state index in [4.69, 9.17) is 0 Å². The number of nitrogens with zero attached hydrogens (tertiary/aromatic N) is 6. The molecule has 0 atom stereocenters. The highest BCUT2D eigenvalue weighted by molar-refractivity contribution is 5.44. The normalized spacial score (nSPS) is 12.3. The smallest absolute Gasteiger partial charge is 0.305 e. The number of rotatable bonds is 10. The van der Waals surface area contributed by atoms with Gasteiger partial charge in [0.2, 0.25) is 0 Å². The van der Waals surface area contributed by atoms with Gasteiger partial charge in [0.05, 0.1) is 0 Å². The molecule has 0 aromatic carbocycles. The minimum absolute atomic E-state index is 0.339. The van der Waals surface area contributed by atoms with Gasteiger partial charge in [0.1, 0.15) is 0 Å². The molecule has 0 bridgehead atoms. The monoisotopic (exact) mass is 264 g/mol. The van der Waals surface area contributed by atoms with E-state index in [0.29, 0.717) is 12.8 Å². The van der Waals surface area contributed by atoms with E-state index in [2.05, 4.69) is 70.3 Å². The van der Waals surface area contributed by atoms with Gasteiger partial charge in [-0.1, -0.05) is 13.3 Å². The highest BCUT2D eigenvalue weighted by Crippen LogP contribution is 2.44. The fourth-order valence-electron chi connectivity index (χ4n) is 2.01. The van der Waals surface area contributed by atoms with Crippen LogP contribution in [-0.2, 0) is 0 Å². The van der Waals surface area contributed by atoms with Crippen molar-refractivity contribution in [3.05, 3.63) is 0 Å². The summed E-state index contributed by atoms with van der Waals surface area (Å²) >= 11 is 0. The summed E-state index contributed by atoms with van der Waals surface area (Å²) in [5, 5.41) is 10.5. The summed E-state index contributed by atoms with van der Waals surface area (Å²) in [4.78, 5) is 22.5. The highest BCUT2D eigenvalue weighted by Gasteiger charge is 2.63. The maximum atomic E-state index is 10.5. The third-order valence-electron chi connectivity index (χ3n) is 3.05. The molecule has 0 radical (unpaired) electrons. The van der Waals surface area contributed by atoms with E-state index in [-0.39, 0.29) is 0 Å². The zero-order valence-electron chi connectivity index (χ0n) is 11.3. The first-order valence-corrected chi connectivity index (χ1v) is 5.52. The van der Waals surface area contributed by atoms with Crippen LogP contribution in [0, 0.1) is 0 Å². The quantitative estimate of drug-likeness (QED) is 0.586. The second-order valence-electron chi connectivity index (χ2n) is 3.82. The van der Waals surface area contributed by atoms with Crippen LogP contribution >= 0.6 is 0 Å². The van der Waals surface area contributed by atoms with Crippen molar-refractivity contribution < 1.29 is 5.11 Å². The molecule has 0 spiro atoms. The van der Waals surface area contributed by atoms with Crippen molar-refractivity contribution in [1.82, 2.24) is 0 Å². The predicted molar refractivity (Wildman–Crippen MR) is 82.6 cm³/mol. The molecule has 0 aromatic rings. The van der Waals surface area contributed by atoms with Gasteiger partial charge >= 0.3 is 5.85 Å². The Morgan fingerprint density at radius 2 is 1.21 bits per heavy atom. The number of aliphatic hydroxyl groups is 1. The van der Waals surface area contributed by atoms with Gasteiger partial charge in [0, 0.05) is 0 Å². The Hall–Kier alpha value is -2.02. The summed E-state index contributed by atoms with van der Waals surface area (Å²) in [5.41, 5.74) is -3.24. The van der Waals surface area contributed by atoms with E-state index < -0.39 is 17.2 Å². The van der Waals surface area contributed by atoms with Gasteiger partial charge in [0.25, 0.3) is 5.66 Å². The van der Waals surface area contributed by atoms with E-state index in [1.807, 2.05) is 6.92 Å². The largest absolute Gasteiger partial charge is 0.348 e. The standard InChI is InChI=1S/C12H20N6O/c1-8-9-10(13-2,14-3)11(15-4,16-5)12(19,17-6)18-7/h19H,2-9H2,1H3. The van der Waals surface area contributed by atoms with Crippen LogP contribution in [0.25, 0.3) is 0 Å². The van der Waals surface area contributed by atoms with Gasteiger partial charge in [-0.3, -0.25) is 20.0 Å². The Balaban J connectivity index is 6.44. The molecular formula is C12H20N6O. The number of hydrogen-bond acceptors (Lipinski definition) is 7. The number of aliphatic imine (C=N–C) groups is 6. The van der Waals surface area contributed by atoms with Gasteiger partial charge in [-0.25, -0.2) is 9.98 Å². The Labute approximate surface area is 113 Å². The van der Waals surface area contributed by atoms with Gasteiger partial charge in [-0.2, -0.15) is 0 Å². The van der Waals surface area contributed by atoms with E-state index >= 15 is 0 Å². The van der Waals surface area contributed by atoms with Crippen molar-refractivity contribution in [2.24, 2.45) is 30.0 Å². The molecule has 0 fully saturated rings. The van der Waals surface area contributed by atoms with Crippen molar-refractivity contribution in [2.45, 2.75) is 36.9 Å². The molecule has 0 amide bonds. The lowest BCUT2D eigenvalue weighted by molar-refractivity contribution is -0.0486. The average Bonchev–Trinajstić information content (AvgIpc) is 2.47. The fraction of sp³-hybridized carbons (Fsp3) is 0.500. The molecule has 7 heteroatoms. The molecule has 0 aliphatic heterocycles. The molecule has 0 heterocycles. The second-order valence-corrected chi connectivity index (χ2v) is 3.82. The van der Waals surface area contributed by atoms with Crippen LogP contribution in [0.1, 0.15) is 19.8 Å². The van der Waals surface area contributed by atoms with Gasteiger partial charge < -0.3 is 5.11 Å². The average molecular weight is 264 g/mol. The maximum absolute atomic E-state index is 10.5. The van der Waals surface area contributed by atoms with Crippen molar-refractivity contribution in [3.63, 3.8) is 0 Å². The lowest BCUT2D eigenvalue weighted by Gasteiger charge is -2.44. The maximum Gasteiger partial charge on any atom is 0.305 e. The van der Waals surface area contributed by atoms with Crippen LogP contribution in [0.2, 0.25) is 0 Å². The molecule has 0 aliphatic carbocycles. The zero-order chi connectivity index (χ0) is 15.2. The summed E-state index contributed by atoms with van der Waals surface area (Å²) in [6, 6.07) is 0. The summed E-state index contributed by atoms with van der Waals surface area (Å²) in [6.45, 7) is 22.2. The molecule has 0 saturated heterocycles. The molecule has 0 aliphatic rings. The van der Waals surface area contributed by atoms with Crippen LogP contribution < -0.4 is 0 Å². The Morgan fingerprint density at radius 3 is 1.42 bits per heavy atom. The molecule has 1 N–H and O–H groups in total. The fourth-order valence-corrected chi connectivity index (χ4v) is 2.01. The third kappa shape index (κ3) is 2.17. The molecular weight excluding hydrogens is 244 g/mol. The van der Waals surface area contributed by atoms with Crippen LogP contribution in [0.4, 0.5) is 0 Å². The highest BCUT2D eigenvalue weighted by atomic mass is 16.3. The lowest BCUT2D eigenvalue weighted by Crippen LogP contribution is -2.62. The first-order valence-electron chi connectivity index (χ1n) is 5.52. The van der Waals surface area contributed by atoms with Crippen molar-refractivity contribution >= 4 is 40.3 Å². The van der Waals surface area contributed by atoms with Crippen LogP contribution in [0.5, 0.6) is 0 Å². The Bertz CT molecular complexity index is 379. The summed E-state index contributed by atoms with van der Waals surface area (Å²) in [5.74, 6) is -2.21. The minimum Gasteiger partial charge on any atom is -0.348 e. The minimum atomic E-state index is -2.21. The molecule has 19 heavy (non-hydrogen) atoms. The van der Waals surface area contributed by atoms with Crippen LogP contribution in [0.15, 0.2) is 30.0 Å². The summed E-state index contributed by atoms with van der Waals surface area (Å²) in [6.07, 6.45) is 0.987. The molecule has 0 saturated carbocycles. The molecule has 0 aromatic heterocycles. The van der Waals surface area contributed by atoms with Crippen molar-refractivity contribution in [1.29, 1.82) is 0 Å². The Kier molecular flexibility index (Phi) is 5.57. The first-order chi connectivity index (χ1) is 8.92. The van der Waals surface area contributed by atoms with Crippen molar-refractivity contribution in [2.75, 3.05) is 0 Å². The second kappa shape index (κ2) is 6.24. The molecule has 0 unspecified atom stereocenters. The predicted octanol–water partition coefficient (Wildman–Crippen LogP) is 1.03. The Morgan fingerprint density at radius 1 is 0.789 bits per heavy atom. The third-order valence-corrected chi connectivity index (χ3v) is 3.05. The van der Waals surface area contributed by atoms with Gasteiger partial charge in [-0.05, 0) is 46.7 Å². The summed E-state index contributed by atoms with van der Waals surface area (Å²) < 4.78 is 0. The molecule has 7 nitrogen and oxygen atoms in total. The van der Waals surface area contributed by atoms with E-state index in [9.17, 15) is 5.11 Å².